The molecule has 1 amide bonds. The van der Waals surface area contributed by atoms with E-state index in [0.717, 1.165) is 24.9 Å². The third-order valence-electron chi connectivity index (χ3n) is 4.37. The highest BCUT2D eigenvalue weighted by Gasteiger charge is 2.41. The average Bonchev–Trinajstić information content (AvgIpc) is 3.32. The lowest BCUT2D eigenvalue weighted by Gasteiger charge is -2.16. The van der Waals surface area contributed by atoms with Crippen LogP contribution >= 0.6 is 11.6 Å². The van der Waals surface area contributed by atoms with Crippen LogP contribution < -0.4 is 10.6 Å². The molecule has 2 saturated carbocycles. The van der Waals surface area contributed by atoms with Gasteiger partial charge in [0.15, 0.2) is 0 Å². The highest BCUT2D eigenvalue weighted by Crippen LogP contribution is 2.48. The van der Waals surface area contributed by atoms with Crippen LogP contribution in [-0.2, 0) is 0 Å². The normalized spacial score (nSPS) is 17.9. The van der Waals surface area contributed by atoms with E-state index in [-0.39, 0.29) is 5.91 Å². The number of pyridine rings is 1. The molecule has 1 heterocycles. The van der Waals surface area contributed by atoms with Crippen LogP contribution in [0, 0.1) is 17.8 Å². The molecule has 2 fully saturated rings. The maximum absolute atomic E-state index is 12.3. The lowest BCUT2D eigenvalue weighted by atomic mass is 9.98. The number of anilines is 1. The summed E-state index contributed by atoms with van der Waals surface area (Å²) in [6.07, 6.45) is 5.34. The van der Waals surface area contributed by atoms with Crippen LogP contribution in [0.15, 0.2) is 12.1 Å². The molecule has 0 aliphatic heterocycles. The molecule has 5 heteroatoms. The summed E-state index contributed by atoms with van der Waals surface area (Å²) in [5.74, 6) is 2.97. The molecular weight excluding hydrogens is 286 g/mol. The third kappa shape index (κ3) is 3.88. The Labute approximate surface area is 130 Å². The summed E-state index contributed by atoms with van der Waals surface area (Å²) < 4.78 is 0. The highest BCUT2D eigenvalue weighted by molar-refractivity contribution is 6.29. The molecular formula is C16H22ClN3O. The second kappa shape index (κ2) is 6.22. The molecule has 0 bridgehead atoms. The third-order valence-corrected chi connectivity index (χ3v) is 4.56. The smallest absolute Gasteiger partial charge is 0.251 e. The Hall–Kier alpha value is -1.29. The van der Waals surface area contributed by atoms with Gasteiger partial charge >= 0.3 is 0 Å². The van der Waals surface area contributed by atoms with Gasteiger partial charge < -0.3 is 10.6 Å². The minimum Gasteiger partial charge on any atom is -0.370 e. The van der Waals surface area contributed by atoms with Crippen molar-refractivity contribution in [2.75, 3.05) is 18.4 Å². The Morgan fingerprint density at radius 2 is 2.00 bits per heavy atom. The van der Waals surface area contributed by atoms with Gasteiger partial charge in [-0.25, -0.2) is 4.98 Å². The van der Waals surface area contributed by atoms with E-state index in [1.54, 1.807) is 12.1 Å². The van der Waals surface area contributed by atoms with Gasteiger partial charge in [0.05, 0.1) is 0 Å². The van der Waals surface area contributed by atoms with Crippen LogP contribution in [0.2, 0.25) is 5.15 Å². The molecule has 21 heavy (non-hydrogen) atoms. The van der Waals surface area contributed by atoms with E-state index in [2.05, 4.69) is 15.6 Å². The largest absolute Gasteiger partial charge is 0.370 e. The molecule has 0 atom stereocenters. The predicted molar refractivity (Wildman–Crippen MR) is 84.7 cm³/mol. The zero-order valence-corrected chi connectivity index (χ0v) is 13.1. The number of aromatic nitrogens is 1. The Bertz CT molecular complexity index is 514. The molecule has 1 aromatic heterocycles. The lowest BCUT2D eigenvalue weighted by molar-refractivity contribution is 0.0943. The molecule has 0 saturated heterocycles. The second-order valence-electron chi connectivity index (χ2n) is 6.14. The van der Waals surface area contributed by atoms with Gasteiger partial charge in [-0.2, -0.15) is 0 Å². The van der Waals surface area contributed by atoms with Crippen molar-refractivity contribution in [3.8, 4) is 0 Å². The number of hydrogen-bond acceptors (Lipinski definition) is 3. The SMILES string of the molecule is CCNc1cc(C(=O)NCC(C2CC2)C2CC2)cc(Cl)n1. The van der Waals surface area contributed by atoms with E-state index in [4.69, 9.17) is 11.6 Å². The summed E-state index contributed by atoms with van der Waals surface area (Å²) in [5.41, 5.74) is 0.580. The van der Waals surface area contributed by atoms with Crippen LogP contribution in [-0.4, -0.2) is 24.0 Å². The Morgan fingerprint density at radius 1 is 1.33 bits per heavy atom. The standard InChI is InChI=1S/C16H22ClN3O/c1-2-18-15-8-12(7-14(17)20-15)16(21)19-9-13(10-3-4-10)11-5-6-11/h7-8,10-11,13H,2-6,9H2,1H3,(H,18,20)(H,19,21). The van der Waals surface area contributed by atoms with Crippen molar-refractivity contribution in [3.63, 3.8) is 0 Å². The number of amides is 1. The monoisotopic (exact) mass is 307 g/mol. The Balaban J connectivity index is 1.61. The fourth-order valence-corrected chi connectivity index (χ4v) is 3.19. The van der Waals surface area contributed by atoms with E-state index in [1.807, 2.05) is 6.92 Å². The van der Waals surface area contributed by atoms with Crippen LogP contribution in [0.25, 0.3) is 0 Å². The van der Waals surface area contributed by atoms with Crippen LogP contribution in [0.4, 0.5) is 5.82 Å². The maximum atomic E-state index is 12.3. The van der Waals surface area contributed by atoms with Crippen molar-refractivity contribution in [1.29, 1.82) is 0 Å². The number of nitrogens with one attached hydrogen (secondary N) is 2. The molecule has 114 valence electrons. The van der Waals surface area contributed by atoms with E-state index in [1.165, 1.54) is 25.7 Å². The number of rotatable bonds is 7. The van der Waals surface area contributed by atoms with Gasteiger partial charge in [-0.05, 0) is 62.5 Å². The van der Waals surface area contributed by atoms with E-state index >= 15 is 0 Å². The van der Waals surface area contributed by atoms with E-state index in [0.29, 0.717) is 22.5 Å². The quantitative estimate of drug-likeness (QED) is 0.760. The van der Waals surface area contributed by atoms with Crippen molar-refractivity contribution in [1.82, 2.24) is 10.3 Å². The van der Waals surface area contributed by atoms with Crippen molar-refractivity contribution < 1.29 is 4.79 Å². The number of carbonyl (C=O) groups is 1. The Morgan fingerprint density at radius 3 is 2.57 bits per heavy atom. The fourth-order valence-electron chi connectivity index (χ4n) is 2.98. The van der Waals surface area contributed by atoms with Gasteiger partial charge in [0.2, 0.25) is 0 Å². The molecule has 2 N–H and O–H groups in total. The van der Waals surface area contributed by atoms with Crippen molar-refractivity contribution in [3.05, 3.63) is 22.8 Å². The number of hydrogen-bond donors (Lipinski definition) is 2. The molecule has 2 aliphatic carbocycles. The Kier molecular flexibility index (Phi) is 4.34. The van der Waals surface area contributed by atoms with Gasteiger partial charge in [0.1, 0.15) is 11.0 Å². The fraction of sp³-hybridized carbons (Fsp3) is 0.625. The molecule has 3 rings (SSSR count). The molecule has 2 aliphatic rings. The van der Waals surface area contributed by atoms with Gasteiger partial charge in [0, 0.05) is 18.7 Å². The van der Waals surface area contributed by atoms with Gasteiger partial charge in [-0.15, -0.1) is 0 Å². The summed E-state index contributed by atoms with van der Waals surface area (Å²) in [6.45, 7) is 3.53. The van der Waals surface area contributed by atoms with Crippen LogP contribution in [0.1, 0.15) is 43.0 Å². The topological polar surface area (TPSA) is 54.0 Å². The lowest BCUT2D eigenvalue weighted by Crippen LogP contribution is -2.31. The summed E-state index contributed by atoms with van der Waals surface area (Å²) in [6, 6.07) is 3.38. The second-order valence-corrected chi connectivity index (χ2v) is 6.53. The maximum Gasteiger partial charge on any atom is 0.251 e. The van der Waals surface area contributed by atoms with Crippen molar-refractivity contribution in [2.45, 2.75) is 32.6 Å². The zero-order chi connectivity index (χ0) is 14.8. The minimum atomic E-state index is -0.0512. The van der Waals surface area contributed by atoms with E-state index < -0.39 is 0 Å². The number of carbonyl (C=O) groups excluding carboxylic acids is 1. The van der Waals surface area contributed by atoms with Gasteiger partial charge in [-0.3, -0.25) is 4.79 Å². The molecule has 0 aromatic carbocycles. The molecule has 0 unspecified atom stereocenters. The first-order valence-corrected chi connectivity index (χ1v) is 8.25. The predicted octanol–water partition coefficient (Wildman–Crippen LogP) is 3.33. The zero-order valence-electron chi connectivity index (χ0n) is 12.4. The van der Waals surface area contributed by atoms with Gasteiger partial charge in [0.25, 0.3) is 5.91 Å². The molecule has 0 spiro atoms. The van der Waals surface area contributed by atoms with Crippen LogP contribution in [0.5, 0.6) is 0 Å². The summed E-state index contributed by atoms with van der Waals surface area (Å²) in [4.78, 5) is 16.5. The highest BCUT2D eigenvalue weighted by atomic mass is 35.5. The first-order valence-electron chi connectivity index (χ1n) is 7.87. The summed E-state index contributed by atoms with van der Waals surface area (Å²) >= 11 is 5.98. The molecule has 0 radical (unpaired) electrons. The minimum absolute atomic E-state index is 0.0512. The van der Waals surface area contributed by atoms with Crippen molar-refractivity contribution in [2.24, 2.45) is 17.8 Å². The number of halogens is 1. The summed E-state index contributed by atoms with van der Waals surface area (Å²) in [7, 11) is 0. The van der Waals surface area contributed by atoms with Crippen molar-refractivity contribution >= 4 is 23.3 Å². The molecule has 1 aromatic rings. The first-order chi connectivity index (χ1) is 10.2. The first kappa shape index (κ1) is 14.6. The average molecular weight is 308 g/mol. The molecule has 4 nitrogen and oxygen atoms in total. The van der Waals surface area contributed by atoms with E-state index in [9.17, 15) is 4.79 Å². The number of nitrogens with zero attached hydrogens (tertiary/aromatic N) is 1. The van der Waals surface area contributed by atoms with Crippen LogP contribution in [0.3, 0.4) is 0 Å². The van der Waals surface area contributed by atoms with Gasteiger partial charge in [-0.1, -0.05) is 11.6 Å². The summed E-state index contributed by atoms with van der Waals surface area (Å²) in [5, 5.41) is 6.52.